The molecule has 0 saturated carbocycles. The van der Waals surface area contributed by atoms with Gasteiger partial charge in [0.15, 0.2) is 11.2 Å². The maximum Gasteiger partial charge on any atom is 0.197 e. The van der Waals surface area contributed by atoms with Crippen LogP contribution in [-0.2, 0) is 0 Å². The molecule has 0 radical (unpaired) electrons. The molecule has 2 aromatic heterocycles. The van der Waals surface area contributed by atoms with Gasteiger partial charge in [-0.2, -0.15) is 0 Å². The maximum atomic E-state index is 12.0. The van der Waals surface area contributed by atoms with Crippen LogP contribution in [0.3, 0.4) is 0 Å². The van der Waals surface area contributed by atoms with Crippen molar-refractivity contribution < 1.29 is 14.6 Å². The molecule has 0 amide bonds. The number of pyridine rings is 1. The zero-order valence-corrected chi connectivity index (χ0v) is 9.70. The van der Waals surface area contributed by atoms with Gasteiger partial charge in [-0.05, 0) is 24.3 Å². The van der Waals surface area contributed by atoms with Crippen LogP contribution in [0.5, 0.6) is 11.5 Å². The molecule has 0 bridgehead atoms. The van der Waals surface area contributed by atoms with Gasteiger partial charge in [0.2, 0.25) is 0 Å². The van der Waals surface area contributed by atoms with E-state index in [0.717, 1.165) is 0 Å². The molecule has 5 nitrogen and oxygen atoms in total. The summed E-state index contributed by atoms with van der Waals surface area (Å²) in [5.74, 6) is 0.198. The van der Waals surface area contributed by atoms with Gasteiger partial charge in [0.05, 0.1) is 6.20 Å². The van der Waals surface area contributed by atoms with Crippen LogP contribution in [0, 0.1) is 0 Å². The van der Waals surface area contributed by atoms with Crippen molar-refractivity contribution in [2.24, 2.45) is 0 Å². The molecular formula is C14H9NO4. The fourth-order valence-electron chi connectivity index (χ4n) is 1.85. The Kier molecular flexibility index (Phi) is 2.45. The quantitative estimate of drug-likeness (QED) is 0.696. The lowest BCUT2D eigenvalue weighted by atomic mass is 10.2. The Labute approximate surface area is 107 Å². The summed E-state index contributed by atoms with van der Waals surface area (Å²) in [6.07, 6.45) is 1.27. The van der Waals surface area contributed by atoms with Gasteiger partial charge in [0.1, 0.15) is 28.2 Å². The Bertz CT molecular complexity index is 806. The molecule has 1 aromatic carbocycles. The lowest BCUT2D eigenvalue weighted by Gasteiger charge is -2.03. The van der Waals surface area contributed by atoms with Crippen molar-refractivity contribution in [3.63, 3.8) is 0 Å². The minimum absolute atomic E-state index is 0.0320. The van der Waals surface area contributed by atoms with Crippen molar-refractivity contribution >= 4 is 11.0 Å². The van der Waals surface area contributed by atoms with Gasteiger partial charge in [-0.3, -0.25) is 4.79 Å². The highest BCUT2D eigenvalue weighted by Gasteiger charge is 2.10. The number of aromatic nitrogens is 1. The van der Waals surface area contributed by atoms with E-state index in [1.165, 1.54) is 24.4 Å². The Hall–Kier alpha value is -2.82. The maximum absolute atomic E-state index is 12.0. The first kappa shape index (κ1) is 11.3. The van der Waals surface area contributed by atoms with Crippen molar-refractivity contribution in [2.75, 3.05) is 0 Å². The first-order chi connectivity index (χ1) is 9.15. The fraction of sp³-hybridized carbons (Fsp3) is 0. The van der Waals surface area contributed by atoms with Crippen LogP contribution < -0.4 is 5.43 Å². The van der Waals surface area contributed by atoms with E-state index in [-0.39, 0.29) is 33.7 Å². The molecule has 3 aromatic rings. The summed E-state index contributed by atoms with van der Waals surface area (Å²) in [6.45, 7) is 0. The smallest absolute Gasteiger partial charge is 0.197 e. The van der Waals surface area contributed by atoms with Gasteiger partial charge in [-0.25, -0.2) is 4.98 Å². The molecule has 0 unspecified atom stereocenters. The van der Waals surface area contributed by atoms with E-state index in [4.69, 9.17) is 4.42 Å². The number of hydrogen-bond acceptors (Lipinski definition) is 5. The molecule has 0 fully saturated rings. The monoisotopic (exact) mass is 255 g/mol. The predicted molar refractivity (Wildman–Crippen MR) is 69.0 cm³/mol. The van der Waals surface area contributed by atoms with Crippen LogP contribution in [0.25, 0.3) is 22.4 Å². The lowest BCUT2D eigenvalue weighted by Crippen LogP contribution is -2.01. The SMILES string of the molecule is O=c1cc(-c2ccc(O)cn2)oc2cccc(O)c12. The van der Waals surface area contributed by atoms with Crippen molar-refractivity contribution in [2.45, 2.75) is 0 Å². The third-order valence-electron chi connectivity index (χ3n) is 2.73. The van der Waals surface area contributed by atoms with Crippen molar-refractivity contribution in [1.82, 2.24) is 4.98 Å². The van der Waals surface area contributed by atoms with Crippen LogP contribution in [0.2, 0.25) is 0 Å². The number of phenolic OH excluding ortho intramolecular Hbond substituents is 1. The van der Waals surface area contributed by atoms with E-state index < -0.39 is 0 Å². The first-order valence-electron chi connectivity index (χ1n) is 5.56. The summed E-state index contributed by atoms with van der Waals surface area (Å²) in [5.41, 5.74) is 0.377. The van der Waals surface area contributed by atoms with E-state index in [1.807, 2.05) is 0 Å². The molecule has 0 atom stereocenters. The number of nitrogens with zero attached hydrogens (tertiary/aromatic N) is 1. The molecule has 0 aliphatic rings. The van der Waals surface area contributed by atoms with Gasteiger partial charge in [-0.1, -0.05) is 6.07 Å². The topological polar surface area (TPSA) is 83.6 Å². The molecule has 0 aliphatic heterocycles. The molecule has 2 heterocycles. The van der Waals surface area contributed by atoms with Crippen LogP contribution >= 0.6 is 0 Å². The van der Waals surface area contributed by atoms with Crippen molar-refractivity contribution in [1.29, 1.82) is 0 Å². The number of hydrogen-bond donors (Lipinski definition) is 2. The summed E-state index contributed by atoms with van der Waals surface area (Å²) in [6, 6.07) is 8.88. The minimum atomic E-state index is -0.343. The molecule has 5 heteroatoms. The summed E-state index contributed by atoms with van der Waals surface area (Å²) >= 11 is 0. The second-order valence-electron chi connectivity index (χ2n) is 4.03. The van der Waals surface area contributed by atoms with E-state index in [9.17, 15) is 15.0 Å². The molecule has 0 aliphatic carbocycles. The van der Waals surface area contributed by atoms with Gasteiger partial charge >= 0.3 is 0 Å². The van der Waals surface area contributed by atoms with E-state index in [1.54, 1.807) is 18.2 Å². The predicted octanol–water partition coefficient (Wildman–Crippen LogP) is 2.27. The second-order valence-corrected chi connectivity index (χ2v) is 4.03. The number of fused-ring (bicyclic) bond motifs is 1. The highest BCUT2D eigenvalue weighted by Crippen LogP contribution is 2.25. The number of aromatic hydroxyl groups is 2. The largest absolute Gasteiger partial charge is 0.507 e. The minimum Gasteiger partial charge on any atom is -0.507 e. The molecule has 3 rings (SSSR count). The van der Waals surface area contributed by atoms with E-state index in [0.29, 0.717) is 5.69 Å². The number of phenols is 1. The third-order valence-corrected chi connectivity index (χ3v) is 2.73. The Morgan fingerprint density at radius 3 is 2.68 bits per heavy atom. The van der Waals surface area contributed by atoms with Crippen molar-refractivity contribution in [3.8, 4) is 23.0 Å². The van der Waals surface area contributed by atoms with Crippen molar-refractivity contribution in [3.05, 3.63) is 52.8 Å². The molecule has 94 valence electrons. The molecule has 0 saturated heterocycles. The van der Waals surface area contributed by atoms with Gasteiger partial charge in [0.25, 0.3) is 0 Å². The number of rotatable bonds is 1. The average molecular weight is 255 g/mol. The average Bonchev–Trinajstić information content (AvgIpc) is 2.39. The van der Waals surface area contributed by atoms with Gasteiger partial charge < -0.3 is 14.6 Å². The Morgan fingerprint density at radius 2 is 1.95 bits per heavy atom. The zero-order valence-electron chi connectivity index (χ0n) is 9.70. The van der Waals surface area contributed by atoms with E-state index in [2.05, 4.69) is 4.98 Å². The second kappa shape index (κ2) is 4.13. The summed E-state index contributed by atoms with van der Waals surface area (Å²) in [7, 11) is 0. The summed E-state index contributed by atoms with van der Waals surface area (Å²) < 4.78 is 5.55. The van der Waals surface area contributed by atoms with Gasteiger partial charge in [0, 0.05) is 6.07 Å². The van der Waals surface area contributed by atoms with Gasteiger partial charge in [-0.15, -0.1) is 0 Å². The Morgan fingerprint density at radius 1 is 1.11 bits per heavy atom. The van der Waals surface area contributed by atoms with Crippen LogP contribution in [0.15, 0.2) is 51.8 Å². The van der Waals surface area contributed by atoms with E-state index >= 15 is 0 Å². The normalized spacial score (nSPS) is 10.7. The zero-order chi connectivity index (χ0) is 13.4. The molecule has 19 heavy (non-hydrogen) atoms. The third kappa shape index (κ3) is 1.91. The van der Waals surface area contributed by atoms with Crippen LogP contribution in [-0.4, -0.2) is 15.2 Å². The summed E-state index contributed by atoms with van der Waals surface area (Å²) in [4.78, 5) is 15.9. The Balaban J connectivity index is 2.27. The molecular weight excluding hydrogens is 246 g/mol. The standard InChI is InChI=1S/C14H9NO4/c16-8-4-5-9(15-7-8)13-6-11(18)14-10(17)2-1-3-12(14)19-13/h1-7,16-17H. The number of benzene rings is 1. The fourth-order valence-corrected chi connectivity index (χ4v) is 1.85. The summed E-state index contributed by atoms with van der Waals surface area (Å²) in [5, 5.41) is 19.0. The van der Waals surface area contributed by atoms with Crippen LogP contribution in [0.4, 0.5) is 0 Å². The molecule has 0 spiro atoms. The van der Waals surface area contributed by atoms with Crippen LogP contribution in [0.1, 0.15) is 0 Å². The highest BCUT2D eigenvalue weighted by molar-refractivity contribution is 5.84. The first-order valence-corrected chi connectivity index (χ1v) is 5.56. The highest BCUT2D eigenvalue weighted by atomic mass is 16.3. The molecule has 2 N–H and O–H groups in total. The lowest BCUT2D eigenvalue weighted by molar-refractivity contribution is 0.472.